The lowest BCUT2D eigenvalue weighted by atomic mass is 9.81. The average molecular weight is 261 g/mol. The summed E-state index contributed by atoms with van der Waals surface area (Å²) in [6.45, 7) is 8.60. The van der Waals surface area contributed by atoms with Gasteiger partial charge in [0.2, 0.25) is 0 Å². The fraction of sp³-hybridized carbons (Fsp3) is 0.647. The standard InChI is InChI=1S/C17H27NO/c1-4-12-19-16-8-6-14(7-9-16)17(3)11-10-15(13-17)18-5-2/h6-9,15,18H,4-5,10-13H2,1-3H3. The highest BCUT2D eigenvalue weighted by atomic mass is 16.5. The van der Waals surface area contributed by atoms with Crippen LogP contribution >= 0.6 is 0 Å². The lowest BCUT2D eigenvalue weighted by Gasteiger charge is -2.25. The Balaban J connectivity index is 2.01. The van der Waals surface area contributed by atoms with Crippen molar-refractivity contribution in [1.29, 1.82) is 0 Å². The number of nitrogens with one attached hydrogen (secondary N) is 1. The number of rotatable bonds is 6. The molecule has 106 valence electrons. The Morgan fingerprint density at radius 3 is 2.63 bits per heavy atom. The van der Waals surface area contributed by atoms with E-state index in [0.29, 0.717) is 11.5 Å². The number of ether oxygens (including phenoxy) is 1. The highest BCUT2D eigenvalue weighted by Crippen LogP contribution is 2.41. The molecule has 0 bridgehead atoms. The molecule has 0 spiro atoms. The van der Waals surface area contributed by atoms with E-state index in [-0.39, 0.29) is 0 Å². The summed E-state index contributed by atoms with van der Waals surface area (Å²) in [7, 11) is 0. The second-order valence-electron chi connectivity index (χ2n) is 5.93. The molecule has 1 aromatic rings. The van der Waals surface area contributed by atoms with Crippen molar-refractivity contribution in [3.8, 4) is 5.75 Å². The number of hydrogen-bond donors (Lipinski definition) is 1. The van der Waals surface area contributed by atoms with Gasteiger partial charge in [-0.25, -0.2) is 0 Å². The van der Waals surface area contributed by atoms with Crippen molar-refractivity contribution in [3.63, 3.8) is 0 Å². The van der Waals surface area contributed by atoms with Gasteiger partial charge in [0.1, 0.15) is 5.75 Å². The summed E-state index contributed by atoms with van der Waals surface area (Å²) >= 11 is 0. The van der Waals surface area contributed by atoms with E-state index in [1.54, 1.807) is 0 Å². The van der Waals surface area contributed by atoms with Crippen LogP contribution in [0.2, 0.25) is 0 Å². The Morgan fingerprint density at radius 1 is 1.26 bits per heavy atom. The summed E-state index contributed by atoms with van der Waals surface area (Å²) in [4.78, 5) is 0. The molecule has 0 saturated heterocycles. The Bertz CT molecular complexity index is 387. The quantitative estimate of drug-likeness (QED) is 0.838. The van der Waals surface area contributed by atoms with Crippen molar-refractivity contribution in [2.24, 2.45) is 0 Å². The molecule has 1 N–H and O–H groups in total. The van der Waals surface area contributed by atoms with Gasteiger partial charge >= 0.3 is 0 Å². The summed E-state index contributed by atoms with van der Waals surface area (Å²) in [5.74, 6) is 0.996. The molecule has 0 amide bonds. The summed E-state index contributed by atoms with van der Waals surface area (Å²) in [5, 5.41) is 3.58. The van der Waals surface area contributed by atoms with Crippen molar-refractivity contribution in [3.05, 3.63) is 29.8 Å². The Kier molecular flexibility index (Phi) is 4.87. The van der Waals surface area contributed by atoms with E-state index in [4.69, 9.17) is 4.74 Å². The highest BCUT2D eigenvalue weighted by Gasteiger charge is 2.35. The van der Waals surface area contributed by atoms with Crippen molar-refractivity contribution in [1.82, 2.24) is 5.32 Å². The second-order valence-corrected chi connectivity index (χ2v) is 5.93. The third-order valence-corrected chi connectivity index (χ3v) is 4.26. The molecule has 19 heavy (non-hydrogen) atoms. The van der Waals surface area contributed by atoms with Crippen LogP contribution in [-0.4, -0.2) is 19.2 Å². The zero-order valence-corrected chi connectivity index (χ0v) is 12.5. The smallest absolute Gasteiger partial charge is 0.119 e. The first kappa shape index (κ1) is 14.4. The van der Waals surface area contributed by atoms with E-state index in [9.17, 15) is 0 Å². The van der Waals surface area contributed by atoms with E-state index < -0.39 is 0 Å². The summed E-state index contributed by atoms with van der Waals surface area (Å²) in [6.07, 6.45) is 4.87. The molecule has 1 aliphatic rings. The van der Waals surface area contributed by atoms with Gasteiger partial charge in [-0.15, -0.1) is 0 Å². The first-order chi connectivity index (χ1) is 9.18. The molecule has 2 rings (SSSR count). The minimum absolute atomic E-state index is 0.329. The predicted octanol–water partition coefficient (Wildman–Crippen LogP) is 3.90. The van der Waals surface area contributed by atoms with Crippen LogP contribution in [0.3, 0.4) is 0 Å². The van der Waals surface area contributed by atoms with Crippen molar-refractivity contribution in [2.75, 3.05) is 13.2 Å². The maximum absolute atomic E-state index is 5.65. The Labute approximate surface area is 117 Å². The van der Waals surface area contributed by atoms with Crippen LogP contribution in [0.15, 0.2) is 24.3 Å². The zero-order chi connectivity index (χ0) is 13.7. The molecule has 2 unspecified atom stereocenters. The lowest BCUT2D eigenvalue weighted by molar-refractivity contribution is 0.317. The predicted molar refractivity (Wildman–Crippen MR) is 80.9 cm³/mol. The molecule has 1 aliphatic carbocycles. The fourth-order valence-electron chi connectivity index (χ4n) is 3.14. The maximum Gasteiger partial charge on any atom is 0.119 e. The lowest BCUT2D eigenvalue weighted by Crippen LogP contribution is -2.28. The molecule has 0 radical (unpaired) electrons. The summed E-state index contributed by atoms with van der Waals surface area (Å²) in [5.41, 5.74) is 1.78. The number of hydrogen-bond acceptors (Lipinski definition) is 2. The van der Waals surface area contributed by atoms with Gasteiger partial charge in [-0.3, -0.25) is 0 Å². The topological polar surface area (TPSA) is 21.3 Å². The van der Waals surface area contributed by atoms with Crippen LogP contribution in [0, 0.1) is 0 Å². The van der Waals surface area contributed by atoms with Gasteiger partial charge in [0.25, 0.3) is 0 Å². The zero-order valence-electron chi connectivity index (χ0n) is 12.5. The van der Waals surface area contributed by atoms with Crippen LogP contribution < -0.4 is 10.1 Å². The van der Waals surface area contributed by atoms with Gasteiger partial charge < -0.3 is 10.1 Å². The molecule has 0 heterocycles. The first-order valence-electron chi connectivity index (χ1n) is 7.64. The molecule has 0 aromatic heterocycles. The molecule has 1 fully saturated rings. The van der Waals surface area contributed by atoms with Crippen molar-refractivity contribution < 1.29 is 4.74 Å². The van der Waals surface area contributed by atoms with E-state index in [0.717, 1.165) is 25.3 Å². The first-order valence-corrected chi connectivity index (χ1v) is 7.64. The van der Waals surface area contributed by atoms with Crippen LogP contribution in [-0.2, 0) is 5.41 Å². The van der Waals surface area contributed by atoms with Gasteiger partial charge in [-0.2, -0.15) is 0 Å². The minimum Gasteiger partial charge on any atom is -0.494 e. The molecule has 2 heteroatoms. The fourth-order valence-corrected chi connectivity index (χ4v) is 3.14. The van der Waals surface area contributed by atoms with E-state index in [1.807, 2.05) is 0 Å². The average Bonchev–Trinajstić information content (AvgIpc) is 2.80. The van der Waals surface area contributed by atoms with Gasteiger partial charge in [-0.05, 0) is 55.3 Å². The van der Waals surface area contributed by atoms with Gasteiger partial charge in [0.05, 0.1) is 6.61 Å². The SMILES string of the molecule is CCCOc1ccc(C2(C)CCC(NCC)C2)cc1. The van der Waals surface area contributed by atoms with E-state index in [2.05, 4.69) is 50.4 Å². The van der Waals surface area contributed by atoms with Crippen LogP contribution in [0.5, 0.6) is 5.75 Å². The maximum atomic E-state index is 5.65. The monoisotopic (exact) mass is 261 g/mol. The Hall–Kier alpha value is -1.02. The van der Waals surface area contributed by atoms with E-state index in [1.165, 1.54) is 24.8 Å². The van der Waals surface area contributed by atoms with Gasteiger partial charge in [0, 0.05) is 6.04 Å². The third kappa shape index (κ3) is 3.50. The summed E-state index contributed by atoms with van der Waals surface area (Å²) < 4.78 is 5.65. The molecule has 1 aromatic carbocycles. The Morgan fingerprint density at radius 2 is 2.00 bits per heavy atom. The highest BCUT2D eigenvalue weighted by molar-refractivity contribution is 5.33. The summed E-state index contributed by atoms with van der Waals surface area (Å²) in [6, 6.07) is 9.43. The molecular formula is C17H27NO. The van der Waals surface area contributed by atoms with E-state index >= 15 is 0 Å². The molecule has 2 nitrogen and oxygen atoms in total. The number of benzene rings is 1. The second kappa shape index (κ2) is 6.42. The van der Waals surface area contributed by atoms with Gasteiger partial charge in [0.15, 0.2) is 0 Å². The van der Waals surface area contributed by atoms with Crippen LogP contribution in [0.4, 0.5) is 0 Å². The van der Waals surface area contributed by atoms with Crippen molar-refractivity contribution >= 4 is 0 Å². The third-order valence-electron chi connectivity index (χ3n) is 4.26. The molecule has 2 atom stereocenters. The molecule has 0 aliphatic heterocycles. The normalized spacial score (nSPS) is 26.6. The molecular weight excluding hydrogens is 234 g/mol. The van der Waals surface area contributed by atoms with Crippen LogP contribution in [0.25, 0.3) is 0 Å². The van der Waals surface area contributed by atoms with Crippen molar-refractivity contribution in [2.45, 2.75) is 57.9 Å². The van der Waals surface area contributed by atoms with Crippen LogP contribution in [0.1, 0.15) is 52.0 Å². The molecule has 1 saturated carbocycles. The largest absolute Gasteiger partial charge is 0.494 e. The minimum atomic E-state index is 0.329. The van der Waals surface area contributed by atoms with Gasteiger partial charge in [-0.1, -0.05) is 32.9 Å².